The molecular formula is C13H18N2O5. The number of methoxy groups -OCH3 is 2. The predicted octanol–water partition coefficient (Wildman–Crippen LogP) is 3.08. The van der Waals surface area contributed by atoms with Crippen molar-refractivity contribution in [1.29, 1.82) is 0 Å². The van der Waals surface area contributed by atoms with Crippen LogP contribution in [0.25, 0.3) is 0 Å². The highest BCUT2D eigenvalue weighted by molar-refractivity contribution is 5.88. The van der Waals surface area contributed by atoms with Crippen molar-refractivity contribution in [2.24, 2.45) is 0 Å². The SMILES string of the molecule is COC(=O)Nc1cc(C(C)(C)C)cc([N+](=O)[O-])c1OC. The molecule has 1 aromatic carbocycles. The van der Waals surface area contributed by atoms with Crippen LogP contribution in [0.4, 0.5) is 16.2 Å². The van der Waals surface area contributed by atoms with Gasteiger partial charge in [0.15, 0.2) is 0 Å². The first-order valence-corrected chi connectivity index (χ1v) is 5.92. The Hall–Kier alpha value is -2.31. The van der Waals surface area contributed by atoms with Gasteiger partial charge in [0.05, 0.1) is 24.8 Å². The average Bonchev–Trinajstić information content (AvgIpc) is 2.36. The standard InChI is InChI=1S/C13H18N2O5/c1-13(2,3)8-6-9(14-12(16)20-5)11(19-4)10(7-8)15(17)18/h6-7H,1-5H3,(H,14,16). The van der Waals surface area contributed by atoms with E-state index in [4.69, 9.17) is 4.74 Å². The molecule has 0 fully saturated rings. The molecule has 0 radical (unpaired) electrons. The molecular weight excluding hydrogens is 264 g/mol. The van der Waals surface area contributed by atoms with Crippen LogP contribution < -0.4 is 10.1 Å². The van der Waals surface area contributed by atoms with Crippen LogP contribution in [0.5, 0.6) is 5.75 Å². The molecule has 1 aromatic rings. The molecule has 1 amide bonds. The Kier molecular flexibility index (Phi) is 4.54. The minimum absolute atomic E-state index is 0.00611. The molecule has 7 heteroatoms. The van der Waals surface area contributed by atoms with Crippen LogP contribution in [-0.4, -0.2) is 25.2 Å². The number of nitrogens with zero attached hydrogens (tertiary/aromatic N) is 1. The molecule has 7 nitrogen and oxygen atoms in total. The second-order valence-corrected chi connectivity index (χ2v) is 5.20. The van der Waals surface area contributed by atoms with E-state index in [1.807, 2.05) is 20.8 Å². The van der Waals surface area contributed by atoms with Gasteiger partial charge in [-0.15, -0.1) is 0 Å². The number of carbonyl (C=O) groups is 1. The highest BCUT2D eigenvalue weighted by Crippen LogP contribution is 2.39. The van der Waals surface area contributed by atoms with Gasteiger partial charge in [0.2, 0.25) is 5.75 Å². The van der Waals surface area contributed by atoms with Crippen LogP contribution in [0.3, 0.4) is 0 Å². The summed E-state index contributed by atoms with van der Waals surface area (Å²) in [6, 6.07) is 3.09. The molecule has 0 aliphatic carbocycles. The van der Waals surface area contributed by atoms with Gasteiger partial charge in [-0.25, -0.2) is 4.79 Å². The zero-order chi connectivity index (χ0) is 15.5. The molecule has 0 aliphatic rings. The Labute approximate surface area is 117 Å². The number of benzene rings is 1. The molecule has 0 aliphatic heterocycles. The average molecular weight is 282 g/mol. The number of nitro groups is 1. The molecule has 0 saturated heterocycles. The Morgan fingerprint density at radius 1 is 1.30 bits per heavy atom. The highest BCUT2D eigenvalue weighted by Gasteiger charge is 2.26. The maximum atomic E-state index is 11.3. The van der Waals surface area contributed by atoms with Crippen LogP contribution in [0, 0.1) is 10.1 Å². The quantitative estimate of drug-likeness (QED) is 0.679. The number of carbonyl (C=O) groups excluding carboxylic acids is 1. The van der Waals surface area contributed by atoms with Gasteiger partial charge < -0.3 is 9.47 Å². The number of anilines is 1. The number of ether oxygens (including phenoxy) is 2. The van der Waals surface area contributed by atoms with Gasteiger partial charge >= 0.3 is 11.8 Å². The summed E-state index contributed by atoms with van der Waals surface area (Å²) in [7, 11) is 2.52. The first-order chi connectivity index (χ1) is 9.20. The van der Waals surface area contributed by atoms with Crippen LogP contribution in [0.2, 0.25) is 0 Å². The van der Waals surface area contributed by atoms with Crippen molar-refractivity contribution in [3.05, 3.63) is 27.8 Å². The number of hydrogen-bond acceptors (Lipinski definition) is 5. The van der Waals surface area contributed by atoms with Crippen LogP contribution in [0.1, 0.15) is 26.3 Å². The number of hydrogen-bond donors (Lipinski definition) is 1. The third-order valence-corrected chi connectivity index (χ3v) is 2.76. The van der Waals surface area contributed by atoms with Gasteiger partial charge in [0.25, 0.3) is 0 Å². The monoisotopic (exact) mass is 282 g/mol. The third-order valence-electron chi connectivity index (χ3n) is 2.76. The summed E-state index contributed by atoms with van der Waals surface area (Å²) in [4.78, 5) is 21.9. The highest BCUT2D eigenvalue weighted by atomic mass is 16.6. The maximum absolute atomic E-state index is 11.3. The van der Waals surface area contributed by atoms with Crippen LogP contribution in [-0.2, 0) is 10.2 Å². The maximum Gasteiger partial charge on any atom is 0.411 e. The summed E-state index contributed by atoms with van der Waals surface area (Å²) in [5.41, 5.74) is 0.394. The number of amides is 1. The number of nitro benzene ring substituents is 1. The molecule has 0 bridgehead atoms. The van der Waals surface area contributed by atoms with Crippen LogP contribution >= 0.6 is 0 Å². The van der Waals surface area contributed by atoms with Crippen molar-refractivity contribution in [3.63, 3.8) is 0 Å². The van der Waals surface area contributed by atoms with E-state index in [9.17, 15) is 14.9 Å². The zero-order valence-electron chi connectivity index (χ0n) is 12.1. The summed E-state index contributed by atoms with van der Waals surface area (Å²) in [5, 5.41) is 13.6. The molecule has 1 N–H and O–H groups in total. The van der Waals surface area contributed by atoms with Crippen molar-refractivity contribution in [2.45, 2.75) is 26.2 Å². The van der Waals surface area contributed by atoms with E-state index in [-0.39, 0.29) is 22.5 Å². The van der Waals surface area contributed by atoms with E-state index >= 15 is 0 Å². The lowest BCUT2D eigenvalue weighted by Crippen LogP contribution is -2.16. The molecule has 0 unspecified atom stereocenters. The van der Waals surface area contributed by atoms with Crippen molar-refractivity contribution in [3.8, 4) is 5.75 Å². The Morgan fingerprint density at radius 3 is 2.30 bits per heavy atom. The van der Waals surface area contributed by atoms with Gasteiger partial charge in [-0.3, -0.25) is 15.4 Å². The first-order valence-electron chi connectivity index (χ1n) is 5.92. The third kappa shape index (κ3) is 3.37. The summed E-state index contributed by atoms with van der Waals surface area (Å²) in [5.74, 6) is -0.00611. The largest absolute Gasteiger partial charge is 0.489 e. The molecule has 0 heterocycles. The normalized spacial score (nSPS) is 10.8. The van der Waals surface area contributed by atoms with Crippen molar-refractivity contribution < 1.29 is 19.2 Å². The Balaban J connectivity index is 3.49. The minimum atomic E-state index is -0.719. The fourth-order valence-corrected chi connectivity index (χ4v) is 1.65. The molecule has 0 saturated carbocycles. The van der Waals surface area contributed by atoms with Crippen molar-refractivity contribution in [2.75, 3.05) is 19.5 Å². The number of nitrogens with one attached hydrogen (secondary N) is 1. The van der Waals surface area contributed by atoms with Gasteiger partial charge in [-0.2, -0.15) is 0 Å². The van der Waals surface area contributed by atoms with Gasteiger partial charge in [0, 0.05) is 6.07 Å². The molecule has 0 atom stereocenters. The second-order valence-electron chi connectivity index (χ2n) is 5.20. The molecule has 20 heavy (non-hydrogen) atoms. The lowest BCUT2D eigenvalue weighted by molar-refractivity contribution is -0.385. The van der Waals surface area contributed by atoms with Crippen molar-refractivity contribution >= 4 is 17.5 Å². The minimum Gasteiger partial charge on any atom is -0.489 e. The first kappa shape index (κ1) is 15.7. The topological polar surface area (TPSA) is 90.7 Å². The molecule has 0 spiro atoms. The molecule has 1 rings (SSSR count). The lowest BCUT2D eigenvalue weighted by atomic mass is 9.86. The van der Waals surface area contributed by atoms with E-state index in [0.717, 1.165) is 0 Å². The van der Waals surface area contributed by atoms with E-state index in [0.29, 0.717) is 5.56 Å². The van der Waals surface area contributed by atoms with E-state index in [2.05, 4.69) is 10.1 Å². The van der Waals surface area contributed by atoms with Crippen LogP contribution in [0.15, 0.2) is 12.1 Å². The lowest BCUT2D eigenvalue weighted by Gasteiger charge is -2.21. The van der Waals surface area contributed by atoms with Gasteiger partial charge in [-0.1, -0.05) is 20.8 Å². The summed E-state index contributed by atoms with van der Waals surface area (Å²) >= 11 is 0. The second kappa shape index (κ2) is 5.77. The van der Waals surface area contributed by atoms with Gasteiger partial charge in [0.1, 0.15) is 0 Å². The summed E-state index contributed by atoms with van der Waals surface area (Å²) in [6.45, 7) is 5.75. The predicted molar refractivity (Wildman–Crippen MR) is 74.4 cm³/mol. The zero-order valence-corrected chi connectivity index (χ0v) is 12.1. The Morgan fingerprint density at radius 2 is 1.90 bits per heavy atom. The summed E-state index contributed by atoms with van der Waals surface area (Å²) in [6.07, 6.45) is -0.719. The van der Waals surface area contributed by atoms with E-state index in [1.54, 1.807) is 6.07 Å². The Bertz CT molecular complexity index is 534. The summed E-state index contributed by atoms with van der Waals surface area (Å²) < 4.78 is 9.54. The fraction of sp³-hybridized carbons (Fsp3) is 0.462. The van der Waals surface area contributed by atoms with Gasteiger partial charge in [-0.05, 0) is 17.0 Å². The number of rotatable bonds is 3. The smallest absolute Gasteiger partial charge is 0.411 e. The molecule has 110 valence electrons. The van der Waals surface area contributed by atoms with E-state index < -0.39 is 11.0 Å². The fourth-order valence-electron chi connectivity index (χ4n) is 1.65. The van der Waals surface area contributed by atoms with E-state index in [1.165, 1.54) is 20.3 Å². The van der Waals surface area contributed by atoms with Crippen molar-refractivity contribution in [1.82, 2.24) is 0 Å². The molecule has 0 aromatic heterocycles.